The van der Waals surface area contributed by atoms with Crippen LogP contribution in [0.2, 0.25) is 0 Å². The summed E-state index contributed by atoms with van der Waals surface area (Å²) in [4.78, 5) is 14.4. The van der Waals surface area contributed by atoms with Gasteiger partial charge in [-0.25, -0.2) is 0 Å². The van der Waals surface area contributed by atoms with E-state index >= 15 is 0 Å². The van der Waals surface area contributed by atoms with Crippen molar-refractivity contribution in [2.45, 2.75) is 52.3 Å². The van der Waals surface area contributed by atoms with Crippen LogP contribution in [-0.4, -0.2) is 29.6 Å². The number of carbonyl (C=O) groups excluding carboxylic acids is 1. The monoisotopic (exact) mass is 261 g/mol. The Bertz CT molecular complexity index is 436. The fourth-order valence-electron chi connectivity index (χ4n) is 2.44. The van der Waals surface area contributed by atoms with Crippen molar-refractivity contribution in [1.29, 1.82) is 0 Å². The third-order valence-corrected chi connectivity index (χ3v) is 3.71. The minimum atomic E-state index is -0.230. The first-order valence-corrected chi connectivity index (χ1v) is 7.06. The van der Waals surface area contributed by atoms with Gasteiger partial charge in [-0.3, -0.25) is 4.79 Å². The topological polar surface area (TPSA) is 29.5 Å². The van der Waals surface area contributed by atoms with Crippen LogP contribution in [0.25, 0.3) is 0 Å². The van der Waals surface area contributed by atoms with Crippen LogP contribution in [0, 0.1) is 6.92 Å². The number of rotatable bonds is 4. The molecule has 1 aliphatic rings. The van der Waals surface area contributed by atoms with Gasteiger partial charge in [0.25, 0.3) is 5.91 Å². The number of nitrogens with zero attached hydrogens (tertiary/aromatic N) is 1. The molecule has 1 aliphatic heterocycles. The first-order valence-electron chi connectivity index (χ1n) is 7.06. The molecule has 0 N–H and O–H groups in total. The number of aryl methyl sites for hydroxylation is 1. The molecule has 0 aromatic heterocycles. The zero-order chi connectivity index (χ0) is 13.8. The van der Waals surface area contributed by atoms with Gasteiger partial charge in [0.1, 0.15) is 6.10 Å². The largest absolute Gasteiger partial charge is 0.368 e. The number of benzene rings is 1. The van der Waals surface area contributed by atoms with Crippen molar-refractivity contribution >= 4 is 5.91 Å². The van der Waals surface area contributed by atoms with Gasteiger partial charge in [-0.1, -0.05) is 24.3 Å². The normalized spacial score (nSPS) is 18.8. The second kappa shape index (κ2) is 6.20. The van der Waals surface area contributed by atoms with E-state index in [9.17, 15) is 4.79 Å². The van der Waals surface area contributed by atoms with Crippen LogP contribution in [0.5, 0.6) is 0 Å². The Kier molecular flexibility index (Phi) is 4.59. The van der Waals surface area contributed by atoms with Gasteiger partial charge in [0.05, 0.1) is 0 Å². The molecule has 1 saturated heterocycles. The second-order valence-corrected chi connectivity index (χ2v) is 5.49. The van der Waals surface area contributed by atoms with E-state index in [2.05, 4.69) is 32.9 Å². The fourth-order valence-corrected chi connectivity index (χ4v) is 2.44. The maximum Gasteiger partial charge on any atom is 0.252 e. The van der Waals surface area contributed by atoms with Crippen LogP contribution < -0.4 is 0 Å². The first-order chi connectivity index (χ1) is 9.09. The Morgan fingerprint density at radius 3 is 2.74 bits per heavy atom. The van der Waals surface area contributed by atoms with Crippen LogP contribution in [0.4, 0.5) is 0 Å². The van der Waals surface area contributed by atoms with Crippen molar-refractivity contribution in [3.8, 4) is 0 Å². The van der Waals surface area contributed by atoms with Crippen LogP contribution in [0.15, 0.2) is 24.3 Å². The fraction of sp³-hybridized carbons (Fsp3) is 0.562. The number of carbonyl (C=O) groups is 1. The van der Waals surface area contributed by atoms with Crippen molar-refractivity contribution in [3.63, 3.8) is 0 Å². The number of hydrogen-bond donors (Lipinski definition) is 0. The van der Waals surface area contributed by atoms with Crippen molar-refractivity contribution < 1.29 is 9.53 Å². The lowest BCUT2D eigenvalue weighted by Crippen LogP contribution is -2.42. The molecule has 2 rings (SSSR count). The van der Waals surface area contributed by atoms with E-state index in [-0.39, 0.29) is 18.1 Å². The lowest BCUT2D eigenvalue weighted by atomic mass is 10.1. The van der Waals surface area contributed by atoms with E-state index < -0.39 is 0 Å². The zero-order valence-electron chi connectivity index (χ0n) is 12.1. The summed E-state index contributed by atoms with van der Waals surface area (Å²) in [6, 6.07) is 8.42. The summed E-state index contributed by atoms with van der Waals surface area (Å²) in [5, 5.41) is 0. The average Bonchev–Trinajstić information content (AvgIpc) is 2.90. The van der Waals surface area contributed by atoms with Crippen LogP contribution in [0.3, 0.4) is 0 Å². The van der Waals surface area contributed by atoms with E-state index in [1.165, 1.54) is 11.1 Å². The lowest BCUT2D eigenvalue weighted by molar-refractivity contribution is -0.143. The van der Waals surface area contributed by atoms with Gasteiger partial charge in [-0.15, -0.1) is 0 Å². The van der Waals surface area contributed by atoms with Gasteiger partial charge in [0.2, 0.25) is 0 Å². The zero-order valence-corrected chi connectivity index (χ0v) is 12.1. The maximum absolute atomic E-state index is 12.5. The highest BCUT2D eigenvalue weighted by molar-refractivity contribution is 5.81. The molecule has 104 valence electrons. The second-order valence-electron chi connectivity index (χ2n) is 5.49. The standard InChI is InChI=1S/C16H23NO2/c1-12(2)17(16(18)15-9-6-10-19-15)11-14-8-5-4-7-13(14)3/h4-5,7-8,12,15H,6,9-11H2,1-3H3/t15-/m0/s1. The highest BCUT2D eigenvalue weighted by Gasteiger charge is 2.29. The summed E-state index contributed by atoms with van der Waals surface area (Å²) >= 11 is 0. The third kappa shape index (κ3) is 3.35. The number of hydrogen-bond acceptors (Lipinski definition) is 2. The third-order valence-electron chi connectivity index (χ3n) is 3.71. The molecular formula is C16H23NO2. The molecule has 1 aromatic rings. The first kappa shape index (κ1) is 14.1. The summed E-state index contributed by atoms with van der Waals surface area (Å²) in [5.41, 5.74) is 2.44. The van der Waals surface area contributed by atoms with Crippen molar-refractivity contribution in [2.24, 2.45) is 0 Å². The smallest absolute Gasteiger partial charge is 0.252 e. The molecule has 0 saturated carbocycles. The molecule has 1 amide bonds. The molecule has 1 atom stereocenters. The van der Waals surface area contributed by atoms with Gasteiger partial charge in [-0.05, 0) is 44.7 Å². The highest BCUT2D eigenvalue weighted by atomic mass is 16.5. The van der Waals surface area contributed by atoms with E-state index in [1.807, 2.05) is 17.0 Å². The van der Waals surface area contributed by atoms with Crippen molar-refractivity contribution in [2.75, 3.05) is 6.61 Å². The molecule has 0 radical (unpaired) electrons. The Balaban J connectivity index is 2.12. The van der Waals surface area contributed by atoms with E-state index in [1.54, 1.807) is 0 Å². The minimum absolute atomic E-state index is 0.135. The van der Waals surface area contributed by atoms with Gasteiger partial charge in [-0.2, -0.15) is 0 Å². The Labute approximate surface area is 115 Å². The van der Waals surface area contributed by atoms with Crippen LogP contribution in [-0.2, 0) is 16.1 Å². The molecule has 1 aromatic carbocycles. The van der Waals surface area contributed by atoms with Crippen molar-refractivity contribution in [3.05, 3.63) is 35.4 Å². The van der Waals surface area contributed by atoms with Crippen LogP contribution >= 0.6 is 0 Å². The average molecular weight is 261 g/mol. The summed E-state index contributed by atoms with van der Waals surface area (Å²) < 4.78 is 5.52. The molecule has 3 nitrogen and oxygen atoms in total. The molecule has 0 unspecified atom stereocenters. The van der Waals surface area contributed by atoms with Gasteiger partial charge in [0.15, 0.2) is 0 Å². The van der Waals surface area contributed by atoms with E-state index in [0.717, 1.165) is 12.8 Å². The summed E-state index contributed by atoms with van der Waals surface area (Å²) in [6.07, 6.45) is 1.62. The molecule has 0 spiro atoms. The lowest BCUT2D eigenvalue weighted by Gasteiger charge is -2.29. The quantitative estimate of drug-likeness (QED) is 0.834. The molecule has 0 bridgehead atoms. The summed E-state index contributed by atoms with van der Waals surface area (Å²) in [5.74, 6) is 0.135. The number of amides is 1. The van der Waals surface area contributed by atoms with Gasteiger partial charge >= 0.3 is 0 Å². The van der Waals surface area contributed by atoms with Gasteiger partial charge in [0, 0.05) is 19.2 Å². The predicted octanol–water partition coefficient (Wildman–Crippen LogP) is 2.91. The van der Waals surface area contributed by atoms with Crippen molar-refractivity contribution in [1.82, 2.24) is 4.90 Å². The molecular weight excluding hydrogens is 238 g/mol. The molecule has 3 heteroatoms. The Morgan fingerprint density at radius 2 is 2.16 bits per heavy atom. The Morgan fingerprint density at radius 1 is 1.42 bits per heavy atom. The molecule has 0 aliphatic carbocycles. The predicted molar refractivity (Wildman–Crippen MR) is 75.8 cm³/mol. The Hall–Kier alpha value is -1.35. The summed E-state index contributed by atoms with van der Waals surface area (Å²) in [6.45, 7) is 7.59. The SMILES string of the molecule is Cc1ccccc1CN(C(=O)[C@@H]1CCCO1)C(C)C. The minimum Gasteiger partial charge on any atom is -0.368 e. The maximum atomic E-state index is 12.5. The summed E-state index contributed by atoms with van der Waals surface area (Å²) in [7, 11) is 0. The van der Waals surface area contributed by atoms with Crippen LogP contribution in [0.1, 0.15) is 37.8 Å². The van der Waals surface area contributed by atoms with E-state index in [4.69, 9.17) is 4.74 Å². The molecule has 1 fully saturated rings. The van der Waals surface area contributed by atoms with E-state index in [0.29, 0.717) is 13.2 Å². The number of ether oxygens (including phenoxy) is 1. The molecule has 1 heterocycles. The molecule has 19 heavy (non-hydrogen) atoms. The highest BCUT2D eigenvalue weighted by Crippen LogP contribution is 2.19. The van der Waals surface area contributed by atoms with Gasteiger partial charge < -0.3 is 9.64 Å².